The SMILES string of the molecule is Cc1cccc(N(CC(=O)NC(C)(C)C)C(=O)C[S@](=O)CC(=O)Nc2ccc3c(c2)OCO3)c1. The lowest BCUT2D eigenvalue weighted by Crippen LogP contribution is -2.48. The summed E-state index contributed by atoms with van der Waals surface area (Å²) in [5, 5.41) is 5.47. The Morgan fingerprint density at radius 2 is 1.74 bits per heavy atom. The van der Waals surface area contributed by atoms with Gasteiger partial charge >= 0.3 is 0 Å². The number of rotatable bonds is 8. The molecule has 9 nitrogen and oxygen atoms in total. The fourth-order valence-corrected chi connectivity index (χ4v) is 4.20. The van der Waals surface area contributed by atoms with Crippen LogP contribution in [0.3, 0.4) is 0 Å². The van der Waals surface area contributed by atoms with Crippen LogP contribution in [0, 0.1) is 6.92 Å². The van der Waals surface area contributed by atoms with E-state index in [0.717, 1.165) is 5.56 Å². The van der Waals surface area contributed by atoms with Crippen molar-refractivity contribution in [3.8, 4) is 11.5 Å². The molecule has 0 bridgehead atoms. The number of aryl methyl sites for hydroxylation is 1. The summed E-state index contributed by atoms with van der Waals surface area (Å²) < 4.78 is 23.1. The van der Waals surface area contributed by atoms with Gasteiger partial charge in [-0.25, -0.2) is 0 Å². The first-order valence-electron chi connectivity index (χ1n) is 10.7. The highest BCUT2D eigenvalue weighted by atomic mass is 32.2. The molecule has 1 aliphatic rings. The van der Waals surface area contributed by atoms with Crippen LogP contribution in [-0.2, 0) is 25.2 Å². The molecule has 0 saturated heterocycles. The van der Waals surface area contributed by atoms with Gasteiger partial charge in [-0.3, -0.25) is 18.6 Å². The number of carbonyl (C=O) groups excluding carboxylic acids is 3. The molecule has 10 heteroatoms. The lowest BCUT2D eigenvalue weighted by atomic mass is 10.1. The quantitative estimate of drug-likeness (QED) is 0.591. The molecule has 2 aromatic carbocycles. The minimum Gasteiger partial charge on any atom is -0.454 e. The van der Waals surface area contributed by atoms with Crippen molar-refractivity contribution in [1.82, 2.24) is 5.32 Å². The summed E-state index contributed by atoms with van der Waals surface area (Å²) >= 11 is 0. The van der Waals surface area contributed by atoms with Crippen molar-refractivity contribution in [2.24, 2.45) is 0 Å². The largest absolute Gasteiger partial charge is 0.454 e. The molecule has 0 saturated carbocycles. The predicted octanol–water partition coefficient (Wildman–Crippen LogP) is 2.36. The van der Waals surface area contributed by atoms with Gasteiger partial charge in [0, 0.05) is 33.8 Å². The smallest absolute Gasteiger partial charge is 0.240 e. The van der Waals surface area contributed by atoms with Crippen LogP contribution in [0.2, 0.25) is 0 Å². The van der Waals surface area contributed by atoms with E-state index in [4.69, 9.17) is 9.47 Å². The summed E-state index contributed by atoms with van der Waals surface area (Å²) in [6, 6.07) is 12.1. The van der Waals surface area contributed by atoms with E-state index in [0.29, 0.717) is 22.9 Å². The zero-order chi connectivity index (χ0) is 24.9. The summed E-state index contributed by atoms with van der Waals surface area (Å²) in [7, 11) is -1.78. The van der Waals surface area contributed by atoms with E-state index in [-0.39, 0.29) is 25.0 Å². The standard InChI is InChI=1S/C24H29N3O6S/c1-16-6-5-7-18(10-16)27(12-21(28)26-24(2,3)4)23(30)14-34(31)13-22(29)25-17-8-9-19-20(11-17)33-15-32-19/h5-11H,12-15H2,1-4H3,(H,25,29)(H,26,28)/t34-/m1/s1. The highest BCUT2D eigenvalue weighted by molar-refractivity contribution is 7.86. The zero-order valence-electron chi connectivity index (χ0n) is 19.7. The van der Waals surface area contributed by atoms with Gasteiger partial charge in [0.2, 0.25) is 24.5 Å². The maximum atomic E-state index is 13.0. The zero-order valence-corrected chi connectivity index (χ0v) is 20.5. The average molecular weight is 488 g/mol. The third kappa shape index (κ3) is 7.31. The maximum absolute atomic E-state index is 13.0. The monoisotopic (exact) mass is 487 g/mol. The Kier molecular flexibility index (Phi) is 7.93. The Balaban J connectivity index is 1.63. The molecule has 0 fully saturated rings. The molecular weight excluding hydrogens is 458 g/mol. The van der Waals surface area contributed by atoms with Crippen LogP contribution in [0.15, 0.2) is 42.5 Å². The number of hydrogen-bond acceptors (Lipinski definition) is 6. The molecule has 182 valence electrons. The number of anilines is 2. The van der Waals surface area contributed by atoms with E-state index in [9.17, 15) is 18.6 Å². The van der Waals surface area contributed by atoms with E-state index < -0.39 is 33.9 Å². The normalized spacial score (nSPS) is 13.2. The molecule has 1 aliphatic heterocycles. The Hall–Kier alpha value is -3.40. The molecule has 0 aliphatic carbocycles. The number of hydrogen-bond donors (Lipinski definition) is 2. The van der Waals surface area contributed by atoms with E-state index >= 15 is 0 Å². The molecule has 0 radical (unpaired) electrons. The molecule has 1 atom stereocenters. The number of fused-ring (bicyclic) bond motifs is 1. The second-order valence-corrected chi connectivity index (χ2v) is 10.4. The number of benzene rings is 2. The lowest BCUT2D eigenvalue weighted by molar-refractivity contribution is -0.124. The summed E-state index contributed by atoms with van der Waals surface area (Å²) in [6.07, 6.45) is 0. The first-order chi connectivity index (χ1) is 16.0. The van der Waals surface area contributed by atoms with Gasteiger partial charge in [-0.15, -0.1) is 0 Å². The Labute approximate surface area is 201 Å². The highest BCUT2D eigenvalue weighted by Crippen LogP contribution is 2.34. The molecule has 0 unspecified atom stereocenters. The van der Waals surface area contributed by atoms with Crippen molar-refractivity contribution in [2.75, 3.05) is 35.1 Å². The van der Waals surface area contributed by atoms with Crippen molar-refractivity contribution in [1.29, 1.82) is 0 Å². The third-order valence-electron chi connectivity index (χ3n) is 4.66. The molecule has 0 spiro atoms. The van der Waals surface area contributed by atoms with Gasteiger partial charge in [-0.2, -0.15) is 0 Å². The Bertz CT molecular complexity index is 1110. The fraction of sp³-hybridized carbons (Fsp3) is 0.375. The van der Waals surface area contributed by atoms with Crippen LogP contribution in [-0.4, -0.2) is 52.3 Å². The minimum atomic E-state index is -1.78. The topological polar surface area (TPSA) is 114 Å². The van der Waals surface area contributed by atoms with Crippen molar-refractivity contribution >= 4 is 39.9 Å². The van der Waals surface area contributed by atoms with Crippen LogP contribution in [0.1, 0.15) is 26.3 Å². The van der Waals surface area contributed by atoms with Crippen LogP contribution < -0.4 is 25.0 Å². The van der Waals surface area contributed by atoms with E-state index in [1.165, 1.54) is 4.90 Å². The number of ether oxygens (including phenoxy) is 2. The molecule has 2 aromatic rings. The molecule has 0 aromatic heterocycles. The summed E-state index contributed by atoms with van der Waals surface area (Å²) in [5.74, 6) is -1.02. The third-order valence-corrected chi connectivity index (χ3v) is 5.82. The number of carbonyl (C=O) groups is 3. The van der Waals surface area contributed by atoms with Gasteiger partial charge in [0.25, 0.3) is 0 Å². The van der Waals surface area contributed by atoms with Crippen LogP contribution in [0.4, 0.5) is 11.4 Å². The second-order valence-electron chi connectivity index (χ2n) is 8.96. The van der Waals surface area contributed by atoms with Crippen LogP contribution in [0.5, 0.6) is 11.5 Å². The number of nitrogens with one attached hydrogen (secondary N) is 2. The average Bonchev–Trinajstić information content (AvgIpc) is 3.18. The fourth-order valence-electron chi connectivity index (χ4n) is 3.30. The molecule has 3 amide bonds. The van der Waals surface area contributed by atoms with E-state index in [1.807, 2.05) is 33.8 Å². The van der Waals surface area contributed by atoms with Gasteiger partial charge in [0.05, 0.1) is 0 Å². The highest BCUT2D eigenvalue weighted by Gasteiger charge is 2.24. The predicted molar refractivity (Wildman–Crippen MR) is 130 cm³/mol. The molecular formula is C24H29N3O6S. The van der Waals surface area contributed by atoms with Gasteiger partial charge in [0.15, 0.2) is 11.5 Å². The maximum Gasteiger partial charge on any atom is 0.240 e. The summed E-state index contributed by atoms with van der Waals surface area (Å²) in [6.45, 7) is 7.30. The van der Waals surface area contributed by atoms with E-state index in [1.54, 1.807) is 36.4 Å². The second kappa shape index (κ2) is 10.7. The molecule has 3 rings (SSSR count). The first kappa shape index (κ1) is 25.2. The summed E-state index contributed by atoms with van der Waals surface area (Å²) in [4.78, 5) is 39.2. The first-order valence-corrected chi connectivity index (χ1v) is 12.2. The van der Waals surface area contributed by atoms with Gasteiger partial charge in [-0.05, 0) is 57.5 Å². The molecule has 1 heterocycles. The van der Waals surface area contributed by atoms with Crippen molar-refractivity contribution in [2.45, 2.75) is 33.2 Å². The van der Waals surface area contributed by atoms with Crippen LogP contribution in [0.25, 0.3) is 0 Å². The van der Waals surface area contributed by atoms with Gasteiger partial charge in [-0.1, -0.05) is 12.1 Å². The number of nitrogens with zero attached hydrogens (tertiary/aromatic N) is 1. The Morgan fingerprint density at radius 1 is 1.00 bits per heavy atom. The van der Waals surface area contributed by atoms with Crippen LogP contribution >= 0.6 is 0 Å². The van der Waals surface area contributed by atoms with Crippen molar-refractivity contribution in [3.63, 3.8) is 0 Å². The molecule has 34 heavy (non-hydrogen) atoms. The minimum absolute atomic E-state index is 0.115. The van der Waals surface area contributed by atoms with Gasteiger partial charge in [0.1, 0.15) is 18.1 Å². The van der Waals surface area contributed by atoms with Crippen molar-refractivity contribution < 1.29 is 28.1 Å². The number of amides is 3. The molecule has 2 N–H and O–H groups in total. The van der Waals surface area contributed by atoms with Crippen molar-refractivity contribution in [3.05, 3.63) is 48.0 Å². The van der Waals surface area contributed by atoms with E-state index in [2.05, 4.69) is 10.6 Å². The summed E-state index contributed by atoms with van der Waals surface area (Å²) in [5.41, 5.74) is 1.44. The lowest BCUT2D eigenvalue weighted by Gasteiger charge is -2.26. The Morgan fingerprint density at radius 3 is 2.44 bits per heavy atom. The van der Waals surface area contributed by atoms with Gasteiger partial charge < -0.3 is 25.0 Å².